The number of hydrogen-bond acceptors (Lipinski definition) is 4. The molecule has 0 spiro atoms. The highest BCUT2D eigenvalue weighted by atomic mass is 32.1. The summed E-state index contributed by atoms with van der Waals surface area (Å²) in [7, 11) is 0. The van der Waals surface area contributed by atoms with Crippen molar-refractivity contribution in [1.82, 2.24) is 10.3 Å². The number of nitrogens with one attached hydrogen (secondary N) is 1. The number of hydrogen-bond donors (Lipinski definition) is 1. The van der Waals surface area contributed by atoms with E-state index in [1.807, 2.05) is 19.9 Å². The van der Waals surface area contributed by atoms with Gasteiger partial charge in [-0.2, -0.15) is 0 Å². The van der Waals surface area contributed by atoms with E-state index in [1.165, 1.54) is 22.5 Å². The van der Waals surface area contributed by atoms with Crippen LogP contribution in [0.3, 0.4) is 0 Å². The normalized spacial score (nSPS) is 12.0. The lowest BCUT2D eigenvalue weighted by Gasteiger charge is -2.11. The molecule has 0 bridgehead atoms. The monoisotopic (exact) mass is 332 g/mol. The van der Waals surface area contributed by atoms with Crippen LogP contribution in [0.25, 0.3) is 0 Å². The number of aromatic nitrogens is 1. The largest absolute Gasteiger partial charge is 0.486 e. The zero-order valence-corrected chi connectivity index (χ0v) is 15.2. The van der Waals surface area contributed by atoms with E-state index in [0.29, 0.717) is 12.3 Å². The Morgan fingerprint density at radius 1 is 1.35 bits per heavy atom. The molecule has 0 unspecified atom stereocenters. The minimum atomic E-state index is -0.121. The van der Waals surface area contributed by atoms with Crippen molar-refractivity contribution in [3.63, 3.8) is 0 Å². The zero-order chi connectivity index (χ0) is 17.0. The van der Waals surface area contributed by atoms with Crippen LogP contribution in [0.1, 0.15) is 52.5 Å². The summed E-state index contributed by atoms with van der Waals surface area (Å²) in [5.41, 5.74) is 4.00. The van der Waals surface area contributed by atoms with Gasteiger partial charge in [-0.1, -0.05) is 13.0 Å². The third-order valence-electron chi connectivity index (χ3n) is 3.89. The number of thiazole rings is 1. The molecular weight excluding hydrogens is 308 g/mol. The molecule has 5 heteroatoms. The molecule has 4 nitrogen and oxygen atoms in total. The van der Waals surface area contributed by atoms with Crippen LogP contribution in [0.2, 0.25) is 0 Å². The third-order valence-corrected chi connectivity index (χ3v) is 4.71. The van der Waals surface area contributed by atoms with Gasteiger partial charge in [0, 0.05) is 11.4 Å². The number of benzene rings is 1. The van der Waals surface area contributed by atoms with E-state index in [1.54, 1.807) is 5.38 Å². The topological polar surface area (TPSA) is 51.2 Å². The van der Waals surface area contributed by atoms with Crippen molar-refractivity contribution < 1.29 is 9.53 Å². The van der Waals surface area contributed by atoms with E-state index in [2.05, 4.69) is 37.1 Å². The summed E-state index contributed by atoms with van der Waals surface area (Å²) in [4.78, 5) is 16.4. The molecule has 0 radical (unpaired) electrons. The number of carbonyl (C=O) groups is 1. The highest BCUT2D eigenvalue weighted by molar-refractivity contribution is 7.09. The van der Waals surface area contributed by atoms with Gasteiger partial charge in [0.1, 0.15) is 23.1 Å². The van der Waals surface area contributed by atoms with Gasteiger partial charge in [-0.25, -0.2) is 4.98 Å². The summed E-state index contributed by atoms with van der Waals surface area (Å²) in [6.07, 6.45) is 0.901. The number of carbonyl (C=O) groups excluding carboxylic acids is 1. The first-order chi connectivity index (χ1) is 10.9. The van der Waals surface area contributed by atoms with E-state index in [9.17, 15) is 4.79 Å². The lowest BCUT2D eigenvalue weighted by Crippen LogP contribution is -2.32. The Balaban J connectivity index is 2.01. The maximum absolute atomic E-state index is 12.0. The van der Waals surface area contributed by atoms with Crippen molar-refractivity contribution >= 4 is 17.2 Å². The first-order valence-electron chi connectivity index (χ1n) is 7.86. The predicted octanol–water partition coefficient (Wildman–Crippen LogP) is 4.18. The van der Waals surface area contributed by atoms with Crippen LogP contribution < -0.4 is 10.1 Å². The lowest BCUT2D eigenvalue weighted by atomic mass is 10.1. The highest BCUT2D eigenvalue weighted by Gasteiger charge is 2.13. The third kappa shape index (κ3) is 4.55. The molecule has 0 aliphatic heterocycles. The predicted molar refractivity (Wildman–Crippen MR) is 94.3 cm³/mol. The summed E-state index contributed by atoms with van der Waals surface area (Å²) in [5, 5.41) is 5.51. The molecule has 0 saturated heterocycles. The van der Waals surface area contributed by atoms with Crippen molar-refractivity contribution in [1.29, 1.82) is 0 Å². The van der Waals surface area contributed by atoms with E-state index in [4.69, 9.17) is 4.74 Å². The number of ether oxygens (including phenoxy) is 1. The maximum Gasteiger partial charge on any atom is 0.270 e. The molecule has 0 aliphatic carbocycles. The summed E-state index contributed by atoms with van der Waals surface area (Å²) in [6, 6.07) is 4.33. The Hall–Kier alpha value is -1.88. The Morgan fingerprint density at radius 3 is 2.78 bits per heavy atom. The Labute approximate surface area is 141 Å². The average molecular weight is 332 g/mol. The molecule has 1 heterocycles. The molecule has 1 N–H and O–H groups in total. The Kier molecular flexibility index (Phi) is 5.77. The molecule has 23 heavy (non-hydrogen) atoms. The van der Waals surface area contributed by atoms with Crippen LogP contribution in [0.15, 0.2) is 17.5 Å². The SMILES string of the molecule is CC[C@H](C)NC(=O)c1csc(COc2cc(C)cc(C)c2C)n1. The van der Waals surface area contributed by atoms with Crippen molar-refractivity contribution in [2.24, 2.45) is 0 Å². The van der Waals surface area contributed by atoms with Gasteiger partial charge in [0.05, 0.1) is 0 Å². The van der Waals surface area contributed by atoms with Crippen LogP contribution >= 0.6 is 11.3 Å². The van der Waals surface area contributed by atoms with E-state index in [-0.39, 0.29) is 11.9 Å². The zero-order valence-electron chi connectivity index (χ0n) is 14.4. The van der Waals surface area contributed by atoms with Gasteiger partial charge in [-0.15, -0.1) is 11.3 Å². The van der Waals surface area contributed by atoms with E-state index in [0.717, 1.165) is 22.7 Å². The highest BCUT2D eigenvalue weighted by Crippen LogP contribution is 2.24. The molecule has 1 atom stereocenters. The second kappa shape index (κ2) is 7.59. The van der Waals surface area contributed by atoms with Gasteiger partial charge >= 0.3 is 0 Å². The summed E-state index contributed by atoms with van der Waals surface area (Å²) >= 11 is 1.45. The molecular formula is C18H24N2O2S. The quantitative estimate of drug-likeness (QED) is 0.863. The van der Waals surface area contributed by atoms with Crippen molar-refractivity contribution in [3.05, 3.63) is 44.9 Å². The van der Waals surface area contributed by atoms with Crippen LogP contribution in [0, 0.1) is 20.8 Å². The first kappa shape index (κ1) is 17.5. The van der Waals surface area contributed by atoms with E-state index >= 15 is 0 Å². The van der Waals surface area contributed by atoms with Crippen LogP contribution in [0.4, 0.5) is 0 Å². The number of nitrogens with zero attached hydrogens (tertiary/aromatic N) is 1. The molecule has 1 aromatic heterocycles. The summed E-state index contributed by atoms with van der Waals surface area (Å²) in [6.45, 7) is 10.6. The molecule has 124 valence electrons. The van der Waals surface area contributed by atoms with Crippen LogP contribution in [-0.4, -0.2) is 16.9 Å². The number of amides is 1. The Bertz CT molecular complexity index is 694. The van der Waals surface area contributed by atoms with Crippen molar-refractivity contribution in [2.45, 2.75) is 53.7 Å². The molecule has 0 fully saturated rings. The van der Waals surface area contributed by atoms with Gasteiger partial charge < -0.3 is 10.1 Å². The van der Waals surface area contributed by atoms with Crippen LogP contribution in [0.5, 0.6) is 5.75 Å². The van der Waals surface area contributed by atoms with Crippen molar-refractivity contribution in [2.75, 3.05) is 0 Å². The van der Waals surface area contributed by atoms with Gasteiger partial charge in [0.2, 0.25) is 0 Å². The smallest absolute Gasteiger partial charge is 0.270 e. The maximum atomic E-state index is 12.0. The van der Waals surface area contributed by atoms with Gasteiger partial charge in [-0.05, 0) is 56.9 Å². The fourth-order valence-electron chi connectivity index (χ4n) is 2.17. The average Bonchev–Trinajstić information content (AvgIpc) is 2.98. The minimum Gasteiger partial charge on any atom is -0.486 e. The second-order valence-electron chi connectivity index (χ2n) is 5.90. The summed E-state index contributed by atoms with van der Waals surface area (Å²) in [5.74, 6) is 0.757. The van der Waals surface area contributed by atoms with E-state index < -0.39 is 0 Å². The van der Waals surface area contributed by atoms with Crippen molar-refractivity contribution in [3.8, 4) is 5.75 Å². The van der Waals surface area contributed by atoms with Gasteiger partial charge in [-0.3, -0.25) is 4.79 Å². The standard InChI is InChI=1S/C18H24N2O2S/c1-6-13(4)19-18(21)15-10-23-17(20-15)9-22-16-8-11(2)7-12(3)14(16)5/h7-8,10,13H,6,9H2,1-5H3,(H,19,21)/t13-/m0/s1. The first-order valence-corrected chi connectivity index (χ1v) is 8.74. The van der Waals surface area contributed by atoms with Crippen LogP contribution in [-0.2, 0) is 6.61 Å². The molecule has 0 saturated carbocycles. The fourth-order valence-corrected chi connectivity index (χ4v) is 2.86. The molecule has 2 aromatic rings. The minimum absolute atomic E-state index is 0.121. The second-order valence-corrected chi connectivity index (χ2v) is 6.85. The fraction of sp³-hybridized carbons (Fsp3) is 0.444. The number of rotatable bonds is 6. The molecule has 1 amide bonds. The molecule has 0 aliphatic rings. The molecule has 2 rings (SSSR count). The number of aryl methyl sites for hydroxylation is 2. The van der Waals surface area contributed by atoms with Gasteiger partial charge in [0.25, 0.3) is 5.91 Å². The van der Waals surface area contributed by atoms with Gasteiger partial charge in [0.15, 0.2) is 0 Å². The summed E-state index contributed by atoms with van der Waals surface area (Å²) < 4.78 is 5.90. The molecule has 1 aromatic carbocycles. The lowest BCUT2D eigenvalue weighted by molar-refractivity contribution is 0.0934. The Morgan fingerprint density at radius 2 is 2.09 bits per heavy atom.